The molecule has 0 aliphatic rings. The third kappa shape index (κ3) is 4.94. The second-order valence-corrected chi connectivity index (χ2v) is 6.60. The first-order valence-electron chi connectivity index (χ1n) is 9.40. The third-order valence-corrected chi connectivity index (χ3v) is 4.36. The number of primary amides is 1. The second-order valence-electron chi connectivity index (χ2n) is 6.60. The predicted molar refractivity (Wildman–Crippen MR) is 114 cm³/mol. The zero-order valence-corrected chi connectivity index (χ0v) is 16.3. The molecule has 8 heteroatoms. The Morgan fingerprint density at radius 2 is 1.68 bits per heavy atom. The van der Waals surface area contributed by atoms with Crippen molar-refractivity contribution in [2.75, 3.05) is 11.9 Å². The molecular formula is C23H18N4O4. The fourth-order valence-corrected chi connectivity index (χ4v) is 2.83. The van der Waals surface area contributed by atoms with Crippen LogP contribution in [0.15, 0.2) is 83.4 Å². The number of carbonyl (C=O) groups excluding carboxylic acids is 2. The molecule has 0 atom stereocenters. The van der Waals surface area contributed by atoms with Gasteiger partial charge in [-0.1, -0.05) is 41.6 Å². The molecule has 0 spiro atoms. The van der Waals surface area contributed by atoms with Gasteiger partial charge in [-0.15, -0.1) is 0 Å². The molecule has 0 fully saturated rings. The number of hydrogen-bond donors (Lipinski definition) is 2. The number of anilines is 1. The Balaban J connectivity index is 1.38. The first-order chi connectivity index (χ1) is 15.1. The molecule has 0 bridgehead atoms. The van der Waals surface area contributed by atoms with Gasteiger partial charge in [-0.25, -0.2) is 0 Å². The quantitative estimate of drug-likeness (QED) is 0.477. The monoisotopic (exact) mass is 414 g/mol. The highest BCUT2D eigenvalue weighted by Gasteiger charge is 2.12. The molecule has 3 aromatic carbocycles. The van der Waals surface area contributed by atoms with E-state index in [2.05, 4.69) is 15.5 Å². The number of aromatic nitrogens is 2. The Hall–Kier alpha value is -4.46. The van der Waals surface area contributed by atoms with Crippen LogP contribution < -0.4 is 15.8 Å². The zero-order chi connectivity index (χ0) is 21.6. The number of nitrogens with two attached hydrogens (primary N) is 1. The van der Waals surface area contributed by atoms with Gasteiger partial charge in [0.1, 0.15) is 5.75 Å². The van der Waals surface area contributed by atoms with Gasteiger partial charge in [0.15, 0.2) is 6.61 Å². The number of amides is 2. The fourth-order valence-electron chi connectivity index (χ4n) is 2.83. The van der Waals surface area contributed by atoms with Crippen molar-refractivity contribution in [1.29, 1.82) is 0 Å². The summed E-state index contributed by atoms with van der Waals surface area (Å²) >= 11 is 0. The van der Waals surface area contributed by atoms with Crippen molar-refractivity contribution in [3.63, 3.8) is 0 Å². The first kappa shape index (κ1) is 19.8. The summed E-state index contributed by atoms with van der Waals surface area (Å²) in [4.78, 5) is 27.7. The smallest absolute Gasteiger partial charge is 0.262 e. The summed E-state index contributed by atoms with van der Waals surface area (Å²) in [7, 11) is 0. The van der Waals surface area contributed by atoms with E-state index in [1.807, 2.05) is 36.4 Å². The van der Waals surface area contributed by atoms with Crippen LogP contribution in [0.25, 0.3) is 22.8 Å². The summed E-state index contributed by atoms with van der Waals surface area (Å²) in [5.74, 6) is 0.447. The lowest BCUT2D eigenvalue weighted by Crippen LogP contribution is -2.20. The molecule has 0 aliphatic carbocycles. The Bertz CT molecular complexity index is 1200. The van der Waals surface area contributed by atoms with Gasteiger partial charge in [-0.2, -0.15) is 4.98 Å². The topological polar surface area (TPSA) is 120 Å². The van der Waals surface area contributed by atoms with Crippen LogP contribution in [0.2, 0.25) is 0 Å². The van der Waals surface area contributed by atoms with Crippen molar-refractivity contribution in [3.8, 4) is 28.6 Å². The van der Waals surface area contributed by atoms with E-state index in [1.54, 1.807) is 30.3 Å². The largest absolute Gasteiger partial charge is 0.484 e. The molecule has 0 aliphatic heterocycles. The molecule has 1 aromatic heterocycles. The molecule has 3 N–H and O–H groups in total. The molecule has 2 amide bonds. The van der Waals surface area contributed by atoms with Gasteiger partial charge < -0.3 is 20.3 Å². The van der Waals surface area contributed by atoms with Gasteiger partial charge in [0.25, 0.3) is 11.8 Å². The summed E-state index contributed by atoms with van der Waals surface area (Å²) in [5.41, 5.74) is 7.63. The maximum absolute atomic E-state index is 12.2. The Kier molecular flexibility index (Phi) is 5.70. The molecule has 8 nitrogen and oxygen atoms in total. The van der Waals surface area contributed by atoms with E-state index in [-0.39, 0.29) is 12.5 Å². The molecule has 0 radical (unpaired) electrons. The van der Waals surface area contributed by atoms with Gasteiger partial charge >= 0.3 is 0 Å². The fraction of sp³-hybridized carbons (Fsp3) is 0.0435. The molecule has 4 rings (SSSR count). The van der Waals surface area contributed by atoms with Crippen molar-refractivity contribution < 1.29 is 18.8 Å². The average Bonchev–Trinajstić information content (AvgIpc) is 3.29. The van der Waals surface area contributed by atoms with Gasteiger partial charge in [0.05, 0.1) is 0 Å². The minimum Gasteiger partial charge on any atom is -0.484 e. The van der Waals surface area contributed by atoms with E-state index in [0.29, 0.717) is 34.3 Å². The van der Waals surface area contributed by atoms with Crippen LogP contribution in [0.3, 0.4) is 0 Å². The molecule has 154 valence electrons. The van der Waals surface area contributed by atoms with Crippen LogP contribution in [-0.2, 0) is 4.79 Å². The Morgan fingerprint density at radius 3 is 2.42 bits per heavy atom. The Morgan fingerprint density at radius 1 is 0.935 bits per heavy atom. The second kappa shape index (κ2) is 8.91. The first-order valence-corrected chi connectivity index (χ1v) is 9.40. The van der Waals surface area contributed by atoms with Gasteiger partial charge in [0.2, 0.25) is 11.7 Å². The summed E-state index contributed by atoms with van der Waals surface area (Å²) in [5, 5.41) is 6.70. The molecule has 0 unspecified atom stereocenters. The van der Waals surface area contributed by atoms with E-state index in [1.165, 1.54) is 12.1 Å². The van der Waals surface area contributed by atoms with E-state index in [9.17, 15) is 9.59 Å². The highest BCUT2D eigenvalue weighted by molar-refractivity contribution is 5.95. The number of ether oxygens (including phenoxy) is 1. The lowest BCUT2D eigenvalue weighted by molar-refractivity contribution is -0.118. The molecule has 0 saturated heterocycles. The summed E-state index contributed by atoms with van der Waals surface area (Å²) in [6.07, 6.45) is 0. The molecule has 1 heterocycles. The van der Waals surface area contributed by atoms with Crippen molar-refractivity contribution >= 4 is 17.5 Å². The summed E-state index contributed by atoms with van der Waals surface area (Å²) in [6, 6.07) is 22.8. The number of hydrogen-bond acceptors (Lipinski definition) is 6. The SMILES string of the molecule is NC(=O)c1ccc(NC(=O)COc2cccc(-c3nc(-c4ccccc4)no3)c2)cc1. The summed E-state index contributed by atoms with van der Waals surface area (Å²) in [6.45, 7) is -0.194. The van der Waals surface area contributed by atoms with Crippen LogP contribution >= 0.6 is 0 Å². The molecule has 0 saturated carbocycles. The molecule has 31 heavy (non-hydrogen) atoms. The van der Waals surface area contributed by atoms with Crippen LogP contribution in [0.4, 0.5) is 5.69 Å². The average molecular weight is 414 g/mol. The van der Waals surface area contributed by atoms with Crippen LogP contribution in [-0.4, -0.2) is 28.6 Å². The van der Waals surface area contributed by atoms with E-state index < -0.39 is 5.91 Å². The van der Waals surface area contributed by atoms with Gasteiger partial charge in [0, 0.05) is 22.4 Å². The lowest BCUT2D eigenvalue weighted by Gasteiger charge is -2.08. The number of carbonyl (C=O) groups is 2. The number of nitrogens with zero attached hydrogens (tertiary/aromatic N) is 2. The Labute approximate surface area is 177 Å². The zero-order valence-electron chi connectivity index (χ0n) is 16.3. The highest BCUT2D eigenvalue weighted by Crippen LogP contribution is 2.25. The number of nitrogens with one attached hydrogen (secondary N) is 1. The van der Waals surface area contributed by atoms with Crippen LogP contribution in [0.1, 0.15) is 10.4 Å². The minimum atomic E-state index is -0.529. The number of rotatable bonds is 7. The van der Waals surface area contributed by atoms with Gasteiger partial charge in [-0.3, -0.25) is 9.59 Å². The maximum atomic E-state index is 12.2. The standard InChI is InChI=1S/C23H18N4O4/c24-21(29)15-9-11-18(12-10-15)25-20(28)14-30-19-8-4-7-17(13-19)23-26-22(27-31-23)16-5-2-1-3-6-16/h1-13H,14H2,(H2,24,29)(H,25,28). The minimum absolute atomic E-state index is 0.194. The van der Waals surface area contributed by atoms with Crippen molar-refractivity contribution in [3.05, 3.63) is 84.4 Å². The van der Waals surface area contributed by atoms with Crippen LogP contribution in [0, 0.1) is 0 Å². The van der Waals surface area contributed by atoms with E-state index in [0.717, 1.165) is 5.56 Å². The maximum Gasteiger partial charge on any atom is 0.262 e. The van der Waals surface area contributed by atoms with Crippen LogP contribution in [0.5, 0.6) is 5.75 Å². The third-order valence-electron chi connectivity index (χ3n) is 4.36. The summed E-state index contributed by atoms with van der Waals surface area (Å²) < 4.78 is 10.9. The molecular weight excluding hydrogens is 396 g/mol. The van der Waals surface area contributed by atoms with Crippen molar-refractivity contribution in [2.45, 2.75) is 0 Å². The van der Waals surface area contributed by atoms with E-state index >= 15 is 0 Å². The number of benzene rings is 3. The molecule has 4 aromatic rings. The van der Waals surface area contributed by atoms with Crippen molar-refractivity contribution in [1.82, 2.24) is 10.1 Å². The predicted octanol–water partition coefficient (Wildman–Crippen LogP) is 3.52. The highest BCUT2D eigenvalue weighted by atomic mass is 16.5. The van der Waals surface area contributed by atoms with Gasteiger partial charge in [-0.05, 0) is 42.5 Å². The lowest BCUT2D eigenvalue weighted by atomic mass is 10.2. The van der Waals surface area contributed by atoms with Crippen molar-refractivity contribution in [2.24, 2.45) is 5.73 Å². The van der Waals surface area contributed by atoms with E-state index in [4.69, 9.17) is 15.0 Å². The normalized spacial score (nSPS) is 10.5.